The molecule has 0 spiro atoms. The number of likely N-dealkylation sites (tertiary alicyclic amines) is 2. The van der Waals surface area contributed by atoms with Crippen LogP contribution >= 0.6 is 11.6 Å². The second-order valence-corrected chi connectivity index (χ2v) is 9.21. The first-order valence-electron chi connectivity index (χ1n) is 10.9. The minimum atomic E-state index is -0.0638. The molecule has 1 aromatic heterocycles. The number of carbonyl (C=O) groups excluding carboxylic acids is 3. The standard InChI is InChI=1S/C22H29ClN4O3/c1-24-21(29)14-5-8-26(9-6-14)20(28)10-17-15-2-3-16(17)13-27(12-15)22(30)18-11-25-7-4-19(18)23/h4,7,11,14-17H,2-3,5-6,8-10,12-13H2,1H3,(H,24,29). The maximum atomic E-state index is 12.9. The number of nitrogens with one attached hydrogen (secondary N) is 1. The van der Waals surface area contributed by atoms with Gasteiger partial charge in [-0.3, -0.25) is 19.4 Å². The van der Waals surface area contributed by atoms with E-state index in [0.29, 0.717) is 60.9 Å². The summed E-state index contributed by atoms with van der Waals surface area (Å²) < 4.78 is 0. The molecule has 1 saturated carbocycles. The van der Waals surface area contributed by atoms with Crippen molar-refractivity contribution < 1.29 is 14.4 Å². The molecule has 3 fully saturated rings. The summed E-state index contributed by atoms with van der Waals surface area (Å²) in [6.45, 7) is 2.67. The van der Waals surface area contributed by atoms with Crippen molar-refractivity contribution in [3.8, 4) is 0 Å². The summed E-state index contributed by atoms with van der Waals surface area (Å²) in [7, 11) is 1.66. The molecule has 0 aromatic carbocycles. The van der Waals surface area contributed by atoms with Crippen molar-refractivity contribution in [2.24, 2.45) is 23.7 Å². The van der Waals surface area contributed by atoms with Gasteiger partial charge in [-0.2, -0.15) is 0 Å². The number of fused-ring (bicyclic) bond motifs is 2. The van der Waals surface area contributed by atoms with Gasteiger partial charge >= 0.3 is 0 Å². The molecule has 162 valence electrons. The van der Waals surface area contributed by atoms with E-state index in [-0.39, 0.29) is 23.6 Å². The predicted molar refractivity (Wildman–Crippen MR) is 113 cm³/mol. The van der Waals surface area contributed by atoms with Gasteiger partial charge in [-0.05, 0) is 49.5 Å². The summed E-state index contributed by atoms with van der Waals surface area (Å²) >= 11 is 6.19. The SMILES string of the molecule is CNC(=O)C1CCN(C(=O)CC2C3CCC2CN(C(=O)c2cnccc2Cl)C3)CC1. The molecule has 0 radical (unpaired) electrons. The van der Waals surface area contributed by atoms with Crippen molar-refractivity contribution in [2.75, 3.05) is 33.2 Å². The van der Waals surface area contributed by atoms with E-state index in [2.05, 4.69) is 10.3 Å². The molecular formula is C22H29ClN4O3. The van der Waals surface area contributed by atoms with Crippen LogP contribution in [0, 0.1) is 23.7 Å². The van der Waals surface area contributed by atoms with Crippen LogP contribution in [0.4, 0.5) is 0 Å². The Kier molecular flexibility index (Phi) is 6.27. The Labute approximate surface area is 182 Å². The fraction of sp³-hybridized carbons (Fsp3) is 0.636. The highest BCUT2D eigenvalue weighted by atomic mass is 35.5. The number of nitrogens with zero attached hydrogens (tertiary/aromatic N) is 3. The second-order valence-electron chi connectivity index (χ2n) is 8.80. The summed E-state index contributed by atoms with van der Waals surface area (Å²) in [4.78, 5) is 45.5. The number of aromatic nitrogens is 1. The first-order valence-corrected chi connectivity index (χ1v) is 11.2. The fourth-order valence-electron chi connectivity index (χ4n) is 5.47. The van der Waals surface area contributed by atoms with Gasteiger partial charge in [-0.1, -0.05) is 11.6 Å². The number of pyridine rings is 1. The molecule has 30 heavy (non-hydrogen) atoms. The Balaban J connectivity index is 1.33. The van der Waals surface area contributed by atoms with Gasteiger partial charge < -0.3 is 15.1 Å². The topological polar surface area (TPSA) is 82.6 Å². The molecule has 3 heterocycles. The Morgan fingerprint density at radius 3 is 2.37 bits per heavy atom. The van der Waals surface area contributed by atoms with E-state index in [1.165, 1.54) is 6.20 Å². The molecule has 1 N–H and O–H groups in total. The lowest BCUT2D eigenvalue weighted by atomic mass is 9.82. The third-order valence-electron chi connectivity index (χ3n) is 7.19. The van der Waals surface area contributed by atoms with Gasteiger partial charge in [-0.15, -0.1) is 0 Å². The van der Waals surface area contributed by atoms with Gasteiger partial charge in [0.25, 0.3) is 5.91 Å². The quantitative estimate of drug-likeness (QED) is 0.790. The molecule has 2 bridgehead atoms. The molecule has 2 unspecified atom stereocenters. The lowest BCUT2D eigenvalue weighted by molar-refractivity contribution is -0.137. The summed E-state index contributed by atoms with van der Waals surface area (Å²) in [6.07, 6.45) is 7.25. The lowest BCUT2D eigenvalue weighted by Crippen LogP contribution is -2.47. The monoisotopic (exact) mass is 432 g/mol. The van der Waals surface area contributed by atoms with Crippen molar-refractivity contribution >= 4 is 29.3 Å². The molecule has 1 aliphatic carbocycles. The summed E-state index contributed by atoms with van der Waals surface area (Å²) in [5.41, 5.74) is 0.451. The maximum Gasteiger partial charge on any atom is 0.256 e. The third-order valence-corrected chi connectivity index (χ3v) is 7.52. The molecule has 8 heteroatoms. The smallest absolute Gasteiger partial charge is 0.256 e. The second kappa shape index (κ2) is 8.92. The first-order chi connectivity index (χ1) is 14.5. The van der Waals surface area contributed by atoms with Crippen LogP contribution < -0.4 is 5.32 Å². The zero-order valence-corrected chi connectivity index (χ0v) is 18.1. The summed E-state index contributed by atoms with van der Waals surface area (Å²) in [5.74, 6) is 1.27. The summed E-state index contributed by atoms with van der Waals surface area (Å²) in [6, 6.07) is 1.64. The van der Waals surface area contributed by atoms with Crippen LogP contribution in [0.25, 0.3) is 0 Å². The van der Waals surface area contributed by atoms with Crippen LogP contribution in [-0.4, -0.2) is 65.7 Å². The molecule has 1 aromatic rings. The fourth-order valence-corrected chi connectivity index (χ4v) is 5.65. The number of amides is 3. The molecule has 2 aliphatic heterocycles. The Hall–Kier alpha value is -2.15. The van der Waals surface area contributed by atoms with Gasteiger partial charge in [-0.25, -0.2) is 0 Å². The Morgan fingerprint density at radius 1 is 1.10 bits per heavy atom. The highest BCUT2D eigenvalue weighted by Crippen LogP contribution is 2.44. The van der Waals surface area contributed by atoms with E-state index < -0.39 is 0 Å². The highest BCUT2D eigenvalue weighted by Gasteiger charge is 2.44. The molecule has 3 amide bonds. The first kappa shape index (κ1) is 21.1. The average molecular weight is 433 g/mol. The highest BCUT2D eigenvalue weighted by molar-refractivity contribution is 6.33. The normalized spacial score (nSPS) is 26.5. The van der Waals surface area contributed by atoms with Crippen LogP contribution in [0.15, 0.2) is 18.5 Å². The van der Waals surface area contributed by atoms with E-state index in [1.807, 2.05) is 9.80 Å². The molecule has 3 aliphatic rings. The number of hydrogen-bond donors (Lipinski definition) is 1. The zero-order valence-electron chi connectivity index (χ0n) is 17.3. The molecule has 7 nitrogen and oxygen atoms in total. The minimum Gasteiger partial charge on any atom is -0.359 e. The van der Waals surface area contributed by atoms with Crippen LogP contribution in [0.5, 0.6) is 0 Å². The largest absolute Gasteiger partial charge is 0.359 e. The number of piperidine rings is 2. The van der Waals surface area contributed by atoms with Gasteiger partial charge in [0.05, 0.1) is 10.6 Å². The van der Waals surface area contributed by atoms with E-state index in [0.717, 1.165) is 25.7 Å². The third kappa shape index (κ3) is 4.17. The Bertz CT molecular complexity index is 810. The van der Waals surface area contributed by atoms with Gasteiger partial charge in [0.2, 0.25) is 11.8 Å². The van der Waals surface area contributed by atoms with Crippen LogP contribution in [0.3, 0.4) is 0 Å². The van der Waals surface area contributed by atoms with E-state index in [4.69, 9.17) is 11.6 Å². The number of halogens is 1. The number of rotatable bonds is 4. The van der Waals surface area contributed by atoms with Crippen molar-refractivity contribution in [1.29, 1.82) is 0 Å². The van der Waals surface area contributed by atoms with Gasteiger partial charge in [0, 0.05) is 58.0 Å². The van der Waals surface area contributed by atoms with Gasteiger partial charge in [0.1, 0.15) is 0 Å². The van der Waals surface area contributed by atoms with Crippen molar-refractivity contribution in [1.82, 2.24) is 20.1 Å². The average Bonchev–Trinajstić information content (AvgIpc) is 2.99. The lowest BCUT2D eigenvalue weighted by Gasteiger charge is -2.39. The summed E-state index contributed by atoms with van der Waals surface area (Å²) in [5, 5.41) is 3.14. The minimum absolute atomic E-state index is 0.0174. The molecule has 4 rings (SSSR count). The van der Waals surface area contributed by atoms with Crippen molar-refractivity contribution in [3.63, 3.8) is 0 Å². The van der Waals surface area contributed by atoms with Crippen molar-refractivity contribution in [3.05, 3.63) is 29.0 Å². The van der Waals surface area contributed by atoms with Crippen LogP contribution in [0.1, 0.15) is 42.5 Å². The molecular weight excluding hydrogens is 404 g/mol. The maximum absolute atomic E-state index is 12.9. The number of hydrogen-bond acceptors (Lipinski definition) is 4. The zero-order chi connectivity index (χ0) is 21.3. The van der Waals surface area contributed by atoms with Crippen LogP contribution in [-0.2, 0) is 9.59 Å². The van der Waals surface area contributed by atoms with Crippen LogP contribution in [0.2, 0.25) is 5.02 Å². The Morgan fingerprint density at radius 2 is 1.77 bits per heavy atom. The molecule has 2 atom stereocenters. The van der Waals surface area contributed by atoms with E-state index in [9.17, 15) is 14.4 Å². The van der Waals surface area contributed by atoms with Crippen molar-refractivity contribution in [2.45, 2.75) is 32.1 Å². The molecule has 2 saturated heterocycles. The predicted octanol–water partition coefficient (Wildman–Crippen LogP) is 2.21. The van der Waals surface area contributed by atoms with E-state index >= 15 is 0 Å². The number of carbonyl (C=O) groups is 3. The van der Waals surface area contributed by atoms with E-state index in [1.54, 1.807) is 19.3 Å². The van der Waals surface area contributed by atoms with Gasteiger partial charge in [0.15, 0.2) is 0 Å².